The minimum atomic E-state index is -0.126. The van der Waals surface area contributed by atoms with Gasteiger partial charge in [0.05, 0.1) is 13.7 Å². The van der Waals surface area contributed by atoms with Crippen molar-refractivity contribution in [1.29, 1.82) is 0 Å². The van der Waals surface area contributed by atoms with Gasteiger partial charge in [0.15, 0.2) is 5.96 Å². The number of hydrogen-bond acceptors (Lipinski definition) is 4. The van der Waals surface area contributed by atoms with Crippen molar-refractivity contribution in [3.8, 4) is 0 Å². The molecule has 2 rings (SSSR count). The minimum absolute atomic E-state index is 0.126. The molecule has 1 aromatic carbocycles. The summed E-state index contributed by atoms with van der Waals surface area (Å²) in [5.41, 5.74) is 0. The average molecular weight is 378 g/mol. The number of aliphatic imine (C=N–C) groups is 1. The van der Waals surface area contributed by atoms with Crippen LogP contribution in [0, 0.1) is 0 Å². The largest absolute Gasteiger partial charge is 0.469 e. The molecule has 0 bridgehead atoms. The first kappa shape index (κ1) is 20.6. The Morgan fingerprint density at radius 3 is 2.62 bits per heavy atom. The van der Waals surface area contributed by atoms with Crippen molar-refractivity contribution in [2.45, 2.75) is 55.1 Å². The van der Waals surface area contributed by atoms with Gasteiger partial charge in [-0.15, -0.1) is 11.8 Å². The Morgan fingerprint density at radius 2 is 1.96 bits per heavy atom. The normalized spacial score (nSPS) is 15.4. The molecule has 26 heavy (non-hydrogen) atoms. The van der Waals surface area contributed by atoms with Crippen molar-refractivity contribution in [2.24, 2.45) is 4.99 Å². The van der Waals surface area contributed by atoms with E-state index < -0.39 is 0 Å². The van der Waals surface area contributed by atoms with Crippen molar-refractivity contribution in [3.63, 3.8) is 0 Å². The van der Waals surface area contributed by atoms with E-state index in [4.69, 9.17) is 4.99 Å². The number of carbonyl (C=O) groups is 1. The Morgan fingerprint density at radius 1 is 1.19 bits per heavy atom. The Hall–Kier alpha value is -1.69. The standard InChI is InChI=1S/C20H31N3O2S/c1-3-21-19(22-15-9-5-8-12-18(24)25-2)23-16-20(13-14-20)26-17-10-6-4-7-11-17/h4,6-7,10-11H,3,5,8-9,12-16H2,1-2H3,(H2,21,22,23). The van der Waals surface area contributed by atoms with Crippen LogP contribution >= 0.6 is 11.8 Å². The zero-order valence-corrected chi connectivity index (χ0v) is 16.7. The molecular formula is C20H31N3O2S. The predicted molar refractivity (Wildman–Crippen MR) is 109 cm³/mol. The zero-order chi connectivity index (χ0) is 18.7. The number of hydrogen-bond donors (Lipinski definition) is 2. The number of benzene rings is 1. The third kappa shape index (κ3) is 7.68. The van der Waals surface area contributed by atoms with E-state index >= 15 is 0 Å². The summed E-state index contributed by atoms with van der Waals surface area (Å²) >= 11 is 1.95. The van der Waals surface area contributed by atoms with E-state index in [9.17, 15) is 4.79 Å². The van der Waals surface area contributed by atoms with Gasteiger partial charge in [0.1, 0.15) is 0 Å². The summed E-state index contributed by atoms with van der Waals surface area (Å²) in [6, 6.07) is 10.6. The molecule has 1 saturated carbocycles. The molecule has 0 aliphatic heterocycles. The molecule has 0 heterocycles. The van der Waals surface area contributed by atoms with Gasteiger partial charge >= 0.3 is 5.97 Å². The van der Waals surface area contributed by atoms with Crippen LogP contribution in [0.15, 0.2) is 40.2 Å². The van der Waals surface area contributed by atoms with Crippen molar-refractivity contribution in [2.75, 3.05) is 26.7 Å². The lowest BCUT2D eigenvalue weighted by atomic mass is 10.2. The molecule has 0 spiro atoms. The monoisotopic (exact) mass is 377 g/mol. The van der Waals surface area contributed by atoms with Crippen LogP contribution in [-0.4, -0.2) is 43.4 Å². The number of methoxy groups -OCH3 is 1. The maximum Gasteiger partial charge on any atom is 0.305 e. The highest BCUT2D eigenvalue weighted by Crippen LogP contribution is 2.51. The van der Waals surface area contributed by atoms with Crippen LogP contribution in [0.5, 0.6) is 0 Å². The summed E-state index contributed by atoms with van der Waals surface area (Å²) in [6.45, 7) is 4.64. The third-order valence-electron chi connectivity index (χ3n) is 4.33. The van der Waals surface area contributed by atoms with Gasteiger partial charge in [-0.3, -0.25) is 9.79 Å². The van der Waals surface area contributed by atoms with Crippen LogP contribution in [0.1, 0.15) is 45.4 Å². The number of rotatable bonds is 11. The summed E-state index contributed by atoms with van der Waals surface area (Å²) in [5.74, 6) is 0.763. The molecular weight excluding hydrogens is 346 g/mol. The van der Waals surface area contributed by atoms with Crippen molar-refractivity contribution in [1.82, 2.24) is 10.6 Å². The number of nitrogens with one attached hydrogen (secondary N) is 2. The number of unbranched alkanes of at least 4 members (excludes halogenated alkanes) is 2. The molecule has 0 aromatic heterocycles. The van der Waals surface area contributed by atoms with Crippen LogP contribution in [-0.2, 0) is 9.53 Å². The lowest BCUT2D eigenvalue weighted by molar-refractivity contribution is -0.140. The highest BCUT2D eigenvalue weighted by Gasteiger charge is 2.43. The Balaban J connectivity index is 1.71. The molecule has 144 valence electrons. The number of nitrogens with zero attached hydrogens (tertiary/aromatic N) is 1. The van der Waals surface area contributed by atoms with Gasteiger partial charge in [-0.2, -0.15) is 0 Å². The molecule has 1 aliphatic carbocycles. The summed E-state index contributed by atoms with van der Waals surface area (Å²) in [6.07, 6.45) is 5.86. The molecule has 0 amide bonds. The Labute approximate surface area is 161 Å². The van der Waals surface area contributed by atoms with Crippen LogP contribution in [0.4, 0.5) is 0 Å². The zero-order valence-electron chi connectivity index (χ0n) is 15.9. The number of carbonyl (C=O) groups excluding carboxylic acids is 1. The van der Waals surface area contributed by atoms with E-state index in [-0.39, 0.29) is 10.7 Å². The lowest BCUT2D eigenvalue weighted by Crippen LogP contribution is -2.38. The quantitative estimate of drug-likeness (QED) is 0.267. The summed E-state index contributed by atoms with van der Waals surface area (Å²) in [7, 11) is 1.44. The first-order valence-corrected chi connectivity index (χ1v) is 10.3. The molecule has 0 saturated heterocycles. The Bertz CT molecular complexity index is 574. The van der Waals surface area contributed by atoms with E-state index in [1.165, 1.54) is 24.8 Å². The van der Waals surface area contributed by atoms with E-state index in [0.717, 1.165) is 44.9 Å². The molecule has 1 fully saturated rings. The maximum atomic E-state index is 11.1. The average Bonchev–Trinajstić information content (AvgIpc) is 3.42. The minimum Gasteiger partial charge on any atom is -0.469 e. The predicted octanol–water partition coefficient (Wildman–Crippen LogP) is 3.60. The van der Waals surface area contributed by atoms with E-state index in [0.29, 0.717) is 6.42 Å². The van der Waals surface area contributed by atoms with Crippen LogP contribution < -0.4 is 10.6 Å². The first-order chi connectivity index (χ1) is 12.7. The lowest BCUT2D eigenvalue weighted by Gasteiger charge is -2.15. The molecule has 0 unspecified atom stereocenters. The van der Waals surface area contributed by atoms with Crippen LogP contribution in [0.3, 0.4) is 0 Å². The fraction of sp³-hybridized carbons (Fsp3) is 0.600. The molecule has 0 radical (unpaired) electrons. The number of guanidine groups is 1. The third-order valence-corrected chi connectivity index (χ3v) is 5.81. The summed E-state index contributed by atoms with van der Waals surface area (Å²) in [5, 5.41) is 6.72. The number of ether oxygens (including phenoxy) is 1. The molecule has 1 aliphatic rings. The highest BCUT2D eigenvalue weighted by molar-refractivity contribution is 8.01. The second kappa shape index (κ2) is 11.1. The first-order valence-electron chi connectivity index (χ1n) is 9.50. The van der Waals surface area contributed by atoms with Crippen molar-refractivity contribution >= 4 is 23.7 Å². The van der Waals surface area contributed by atoms with Gasteiger partial charge in [-0.05, 0) is 44.7 Å². The molecule has 1 aromatic rings. The van der Waals surface area contributed by atoms with E-state index in [2.05, 4.69) is 52.6 Å². The van der Waals surface area contributed by atoms with Crippen LogP contribution in [0.25, 0.3) is 0 Å². The fourth-order valence-electron chi connectivity index (χ4n) is 2.62. The SMILES string of the molecule is CCNC(=NCC1(Sc2ccccc2)CC1)NCCCCCC(=O)OC. The molecule has 0 atom stereocenters. The smallest absolute Gasteiger partial charge is 0.305 e. The van der Waals surface area contributed by atoms with Gasteiger partial charge in [-0.1, -0.05) is 24.6 Å². The Kier molecular flexibility index (Phi) is 8.81. The van der Waals surface area contributed by atoms with Gasteiger partial charge in [0, 0.05) is 29.2 Å². The maximum absolute atomic E-state index is 11.1. The topological polar surface area (TPSA) is 62.7 Å². The number of thioether (sulfide) groups is 1. The summed E-state index contributed by atoms with van der Waals surface area (Å²) < 4.78 is 4.92. The van der Waals surface area contributed by atoms with E-state index in [1.54, 1.807) is 0 Å². The van der Waals surface area contributed by atoms with Crippen LogP contribution in [0.2, 0.25) is 0 Å². The van der Waals surface area contributed by atoms with Gasteiger partial charge < -0.3 is 15.4 Å². The highest BCUT2D eigenvalue weighted by atomic mass is 32.2. The van der Waals surface area contributed by atoms with E-state index in [1.807, 2.05) is 11.8 Å². The molecule has 6 heteroatoms. The molecule has 5 nitrogen and oxygen atoms in total. The van der Waals surface area contributed by atoms with Crippen molar-refractivity contribution < 1.29 is 9.53 Å². The number of esters is 1. The second-order valence-corrected chi connectivity index (χ2v) is 8.15. The molecule has 2 N–H and O–H groups in total. The second-order valence-electron chi connectivity index (χ2n) is 6.61. The van der Waals surface area contributed by atoms with Gasteiger partial charge in [0.2, 0.25) is 0 Å². The fourth-order valence-corrected chi connectivity index (χ4v) is 3.84. The van der Waals surface area contributed by atoms with Crippen molar-refractivity contribution in [3.05, 3.63) is 30.3 Å². The van der Waals surface area contributed by atoms with Gasteiger partial charge in [0.25, 0.3) is 0 Å². The van der Waals surface area contributed by atoms with Gasteiger partial charge in [-0.25, -0.2) is 0 Å². The summed E-state index contributed by atoms with van der Waals surface area (Å²) in [4.78, 5) is 17.2.